The highest BCUT2D eigenvalue weighted by atomic mass is 16.7. The summed E-state index contributed by atoms with van der Waals surface area (Å²) >= 11 is 0. The maximum absolute atomic E-state index is 7.49. The second kappa shape index (κ2) is 24.2. The Hall–Kier alpha value is -2.08. The number of hydrogen-bond acceptors (Lipinski definition) is 13. The Bertz CT molecular complexity index is 2300. The highest BCUT2D eigenvalue weighted by molar-refractivity contribution is 5.17. The molecule has 12 aliphatic heterocycles. The van der Waals surface area contributed by atoms with E-state index < -0.39 is 11.4 Å². The first-order valence-electron chi connectivity index (χ1n) is 32.4. The summed E-state index contributed by atoms with van der Waals surface area (Å²) in [5.41, 5.74) is -0.571. The summed E-state index contributed by atoms with van der Waals surface area (Å²) in [6.45, 7) is 34.5. The number of allylic oxidation sites excluding steroid dienone is 1. The molecule has 13 heteroatoms. The van der Waals surface area contributed by atoms with Gasteiger partial charge in [0.2, 0.25) is 0 Å². The average Bonchev–Trinajstić information content (AvgIpc) is 3.64. The van der Waals surface area contributed by atoms with Crippen molar-refractivity contribution in [2.75, 3.05) is 6.61 Å². The van der Waals surface area contributed by atoms with Crippen molar-refractivity contribution in [3.8, 4) is 0 Å². The van der Waals surface area contributed by atoms with Crippen LogP contribution in [0.5, 0.6) is 0 Å². The molecule has 33 atom stereocenters. The van der Waals surface area contributed by atoms with Gasteiger partial charge < -0.3 is 61.6 Å². The molecule has 1 spiro atoms. The standard InChI is InChI=1S/C68H102O13/c1-14-18-46-48(24-25-50-49(71-46)26-27-51-55(73-50)31-59-64(77-51)43(11)63-52(74-59)21-17-20-45(70-63)23-22-36(4)16-3)72-54-30-39(7)67(13)61(76-47(54)19-15-2)33-57-58(80-67)29-37(5)28-53-56(75-57)32-60-62(78-53)40(8)41(9)66-65(79-60)42(10)44(12)68(81-66)34-38(6)35-69-68/h14-15,17,20,22-27,36-66H,1-2,16,18-19,21,28-35H2,3-13H3/b23-22+/t36-,37-,38+,39-,40+,41+,42+,43-,44+,45-,46-,47+,48+,49+,50-,51-,52+,53+,54-,55+,56-,57+,58-,59-,60+,61-,62-,63-,64+,65-,66+,67+,68-/m1/s1. The van der Waals surface area contributed by atoms with Crippen LogP contribution >= 0.6 is 0 Å². The van der Waals surface area contributed by atoms with Gasteiger partial charge >= 0.3 is 0 Å². The molecule has 9 fully saturated rings. The van der Waals surface area contributed by atoms with Gasteiger partial charge in [-0.1, -0.05) is 136 Å². The number of fused-ring (bicyclic) bond motifs is 9. The smallest absolute Gasteiger partial charge is 0.171 e. The van der Waals surface area contributed by atoms with Crippen molar-refractivity contribution in [3.63, 3.8) is 0 Å². The van der Waals surface area contributed by atoms with Gasteiger partial charge in [-0.3, -0.25) is 0 Å². The molecule has 12 heterocycles. The van der Waals surface area contributed by atoms with Crippen LogP contribution in [-0.2, 0) is 61.6 Å². The van der Waals surface area contributed by atoms with Crippen LogP contribution in [0.4, 0.5) is 0 Å². The number of ether oxygens (including phenoxy) is 13. The summed E-state index contributed by atoms with van der Waals surface area (Å²) in [6.07, 6.45) is 26.6. The van der Waals surface area contributed by atoms with E-state index >= 15 is 0 Å². The van der Waals surface area contributed by atoms with Gasteiger partial charge in [0.1, 0.15) is 24.4 Å². The molecule has 81 heavy (non-hydrogen) atoms. The zero-order chi connectivity index (χ0) is 56.6. The van der Waals surface area contributed by atoms with Crippen LogP contribution in [0.25, 0.3) is 0 Å². The van der Waals surface area contributed by atoms with Gasteiger partial charge in [-0.2, -0.15) is 0 Å². The lowest BCUT2D eigenvalue weighted by atomic mass is 9.73. The van der Waals surface area contributed by atoms with Crippen molar-refractivity contribution in [2.45, 2.75) is 292 Å². The molecular weight excluding hydrogens is 1020 g/mol. The van der Waals surface area contributed by atoms with Crippen molar-refractivity contribution in [1.29, 1.82) is 0 Å². The van der Waals surface area contributed by atoms with E-state index in [1.54, 1.807) is 0 Å². The zero-order valence-electron chi connectivity index (χ0n) is 50.9. The Balaban J connectivity index is 0.722. The molecule has 0 aromatic rings. The second-order valence-corrected chi connectivity index (χ2v) is 28.2. The monoisotopic (exact) mass is 1130 g/mol. The van der Waals surface area contributed by atoms with Crippen LogP contribution in [0, 0.1) is 53.3 Å². The topological polar surface area (TPSA) is 120 Å². The molecule has 12 rings (SSSR count). The van der Waals surface area contributed by atoms with Crippen LogP contribution in [0.2, 0.25) is 0 Å². The molecular formula is C68H102O13. The van der Waals surface area contributed by atoms with Gasteiger partial charge in [0.05, 0.1) is 122 Å². The third-order valence-electron chi connectivity index (χ3n) is 22.5. The van der Waals surface area contributed by atoms with E-state index in [0.717, 1.165) is 64.4 Å². The van der Waals surface area contributed by atoms with E-state index in [0.29, 0.717) is 30.6 Å². The van der Waals surface area contributed by atoms with E-state index in [2.05, 4.69) is 138 Å². The first-order chi connectivity index (χ1) is 39.0. The summed E-state index contributed by atoms with van der Waals surface area (Å²) in [4.78, 5) is 0. The lowest BCUT2D eigenvalue weighted by Gasteiger charge is -2.53. The number of rotatable bonds is 9. The lowest BCUT2D eigenvalue weighted by Crippen LogP contribution is -2.62. The Morgan fingerprint density at radius 1 is 0.568 bits per heavy atom. The molecule has 452 valence electrons. The van der Waals surface area contributed by atoms with Crippen LogP contribution < -0.4 is 0 Å². The first kappa shape index (κ1) is 59.3. The fourth-order valence-electron chi connectivity index (χ4n) is 16.9. The fraction of sp³-hybridized carbons (Fsp3) is 0.824. The van der Waals surface area contributed by atoms with Gasteiger partial charge in [-0.15, -0.1) is 13.2 Å². The molecule has 0 aromatic carbocycles. The molecule has 0 aromatic heterocycles. The minimum atomic E-state index is -0.571. The predicted octanol–water partition coefficient (Wildman–Crippen LogP) is 11.6. The van der Waals surface area contributed by atoms with Crippen molar-refractivity contribution in [3.05, 3.63) is 73.9 Å². The average molecular weight is 1130 g/mol. The maximum atomic E-state index is 7.49. The molecule has 0 unspecified atom stereocenters. The fourth-order valence-corrected chi connectivity index (χ4v) is 16.9. The van der Waals surface area contributed by atoms with Crippen molar-refractivity contribution in [1.82, 2.24) is 0 Å². The van der Waals surface area contributed by atoms with E-state index in [-0.39, 0.29) is 170 Å². The van der Waals surface area contributed by atoms with Crippen LogP contribution in [0.3, 0.4) is 0 Å². The van der Waals surface area contributed by atoms with E-state index in [1.807, 2.05) is 12.2 Å². The normalized spacial score (nSPS) is 54.5. The minimum Gasteiger partial charge on any atom is -0.369 e. The molecule has 0 radical (unpaired) electrons. The molecule has 0 amide bonds. The van der Waals surface area contributed by atoms with Crippen molar-refractivity contribution < 1.29 is 61.6 Å². The van der Waals surface area contributed by atoms with Crippen molar-refractivity contribution in [2.24, 2.45) is 53.3 Å². The predicted molar refractivity (Wildman–Crippen MR) is 309 cm³/mol. The van der Waals surface area contributed by atoms with Crippen LogP contribution in [0.15, 0.2) is 73.9 Å². The van der Waals surface area contributed by atoms with Gasteiger partial charge in [-0.05, 0) is 86.9 Å². The van der Waals surface area contributed by atoms with Gasteiger partial charge in [0.25, 0.3) is 0 Å². The molecule has 0 aliphatic carbocycles. The summed E-state index contributed by atoms with van der Waals surface area (Å²) < 4.78 is 92.8. The molecule has 9 saturated heterocycles. The summed E-state index contributed by atoms with van der Waals surface area (Å²) in [6, 6.07) is 0. The zero-order valence-corrected chi connectivity index (χ0v) is 50.9. The Kier molecular flexibility index (Phi) is 17.7. The molecule has 13 nitrogen and oxygen atoms in total. The summed E-state index contributed by atoms with van der Waals surface area (Å²) in [5.74, 6) is 2.01. The minimum absolute atomic E-state index is 0.0399. The Morgan fingerprint density at radius 3 is 2.00 bits per heavy atom. The van der Waals surface area contributed by atoms with Crippen LogP contribution in [-0.4, -0.2) is 152 Å². The Morgan fingerprint density at radius 2 is 1.22 bits per heavy atom. The highest BCUT2D eigenvalue weighted by Gasteiger charge is 2.62. The summed E-state index contributed by atoms with van der Waals surface area (Å²) in [5, 5.41) is 0. The molecule has 0 N–H and O–H groups in total. The van der Waals surface area contributed by atoms with Crippen molar-refractivity contribution >= 4 is 0 Å². The first-order valence-corrected chi connectivity index (χ1v) is 32.4. The Labute approximate surface area is 485 Å². The van der Waals surface area contributed by atoms with E-state index in [9.17, 15) is 0 Å². The highest BCUT2D eigenvalue weighted by Crippen LogP contribution is 2.54. The van der Waals surface area contributed by atoms with Gasteiger partial charge in [0, 0.05) is 37.5 Å². The molecule has 12 aliphatic rings. The lowest BCUT2D eigenvalue weighted by molar-refractivity contribution is -0.335. The van der Waals surface area contributed by atoms with E-state index in [1.165, 1.54) is 0 Å². The third kappa shape index (κ3) is 11.5. The maximum Gasteiger partial charge on any atom is 0.171 e. The number of hydrogen-bond donors (Lipinski definition) is 0. The quantitative estimate of drug-likeness (QED) is 0.204. The SMILES string of the molecule is C=CC[C@@H]1O[C@@H]2C[C@@H]3O[C@@H]4C[C@@H]5O[C@@H]6[C@@H](C)[C@H](C)[C@@]7(C[C@H](C)CO7)O[C@H]6[C@@H](C)[C@H](C)[C@H]5O[C@H]4C[C@@H](C)C[C@H]3O[C@@]2(C)[C@H](C)C[C@H]1O[C@H]1C=C[C@H]2O[C@H]3C[C@H]4O[C@H]5CC=C[C@H](/C=C/[C@H](C)CC)O[C@@H]5[C@@H](C)[C@@H]4O[C@@H]3C=C[C@@H]2O[C@@H]1CC=C. The van der Waals surface area contributed by atoms with Crippen LogP contribution in [0.1, 0.15) is 147 Å². The van der Waals surface area contributed by atoms with Gasteiger partial charge in [0.15, 0.2) is 5.79 Å². The third-order valence-corrected chi connectivity index (χ3v) is 22.5. The molecule has 0 saturated carbocycles. The second-order valence-electron chi connectivity index (χ2n) is 28.2. The van der Waals surface area contributed by atoms with Gasteiger partial charge in [-0.25, -0.2) is 0 Å². The largest absolute Gasteiger partial charge is 0.369 e. The summed E-state index contributed by atoms with van der Waals surface area (Å²) in [7, 11) is 0. The van der Waals surface area contributed by atoms with E-state index in [4.69, 9.17) is 61.6 Å². The molecule has 0 bridgehead atoms.